The molecule has 10 unspecified atom stereocenters. The van der Waals surface area contributed by atoms with Gasteiger partial charge in [-0.05, 0) is 109 Å². The van der Waals surface area contributed by atoms with Crippen LogP contribution in [0, 0.1) is 56.7 Å². The van der Waals surface area contributed by atoms with Gasteiger partial charge in [-0.15, -0.1) is 0 Å². The average molecular weight is 473 g/mol. The van der Waals surface area contributed by atoms with Crippen molar-refractivity contribution in [2.45, 2.75) is 105 Å². The van der Waals surface area contributed by atoms with Gasteiger partial charge in [0.1, 0.15) is 0 Å². The van der Waals surface area contributed by atoms with Crippen LogP contribution in [0.15, 0.2) is 11.6 Å². The van der Waals surface area contributed by atoms with Crippen LogP contribution >= 0.6 is 0 Å². The first-order valence-corrected chi connectivity index (χ1v) is 14.0. The lowest BCUT2D eigenvalue weighted by Crippen LogP contribution is -2.65. The first kappa shape index (κ1) is 24.8. The quantitative estimate of drug-likeness (QED) is 0.427. The Hall–Kier alpha value is -0.870. The predicted octanol–water partition coefficient (Wildman–Crippen LogP) is 6.06. The van der Waals surface area contributed by atoms with Gasteiger partial charge in [0.15, 0.2) is 0 Å². The number of hydrogen-bond donors (Lipinski definition) is 3. The number of fused-ring (bicyclic) bond motifs is 7. The summed E-state index contributed by atoms with van der Waals surface area (Å²) in [6.45, 7) is 14.5. The second kappa shape index (κ2) is 7.57. The third-order valence-electron chi connectivity index (χ3n) is 13.4. The number of aliphatic carboxylic acids is 1. The van der Waals surface area contributed by atoms with Gasteiger partial charge in [-0.25, -0.2) is 0 Å². The first-order valence-electron chi connectivity index (χ1n) is 14.0. The molecule has 34 heavy (non-hydrogen) atoms. The third-order valence-corrected chi connectivity index (χ3v) is 13.4. The summed E-state index contributed by atoms with van der Waals surface area (Å²) in [5, 5.41) is 31.5. The zero-order valence-corrected chi connectivity index (χ0v) is 22.4. The molecule has 0 spiro atoms. The summed E-state index contributed by atoms with van der Waals surface area (Å²) in [6, 6.07) is 0. The predicted molar refractivity (Wildman–Crippen MR) is 134 cm³/mol. The van der Waals surface area contributed by atoms with E-state index in [0.717, 1.165) is 51.4 Å². The van der Waals surface area contributed by atoms with Crippen LogP contribution in [0.4, 0.5) is 0 Å². The van der Waals surface area contributed by atoms with E-state index in [9.17, 15) is 20.1 Å². The molecule has 0 aromatic rings. The highest BCUT2D eigenvalue weighted by Crippen LogP contribution is 2.75. The lowest BCUT2D eigenvalue weighted by atomic mass is 9.33. The van der Waals surface area contributed by atoms with E-state index in [-0.39, 0.29) is 52.1 Å². The molecule has 0 saturated heterocycles. The summed E-state index contributed by atoms with van der Waals surface area (Å²) in [6.07, 6.45) is 10.8. The van der Waals surface area contributed by atoms with Gasteiger partial charge < -0.3 is 15.3 Å². The van der Waals surface area contributed by atoms with E-state index in [2.05, 4.69) is 47.6 Å². The number of rotatable bonds is 2. The van der Waals surface area contributed by atoms with Crippen molar-refractivity contribution >= 4 is 5.97 Å². The SMILES string of the molecule is CC1C(CO)CCC2(C(=O)O)CCC3(C)C(=CCC4C5(C)CCC(O)C(C)(C)C5CCC43C)C12. The molecule has 0 radical (unpaired) electrons. The minimum absolute atomic E-state index is 0.000670. The number of aliphatic hydroxyl groups excluding tert-OH is 2. The topological polar surface area (TPSA) is 77.8 Å². The lowest BCUT2D eigenvalue weighted by Gasteiger charge is -2.71. The van der Waals surface area contributed by atoms with Gasteiger partial charge in [-0.1, -0.05) is 53.2 Å². The van der Waals surface area contributed by atoms with Crippen molar-refractivity contribution in [3.05, 3.63) is 11.6 Å². The molecule has 5 aliphatic rings. The first-order chi connectivity index (χ1) is 15.8. The Labute approximate surface area is 206 Å². The van der Waals surface area contributed by atoms with Crippen molar-refractivity contribution in [3.8, 4) is 0 Å². The molecule has 0 aromatic heterocycles. The van der Waals surface area contributed by atoms with Gasteiger partial charge in [0, 0.05) is 6.61 Å². The van der Waals surface area contributed by atoms with Crippen molar-refractivity contribution in [3.63, 3.8) is 0 Å². The van der Waals surface area contributed by atoms with Crippen molar-refractivity contribution in [2.75, 3.05) is 6.61 Å². The molecule has 0 aliphatic heterocycles. The minimum atomic E-state index is -0.669. The molecule has 5 aliphatic carbocycles. The molecule has 4 heteroatoms. The highest BCUT2D eigenvalue weighted by atomic mass is 16.4. The molecule has 0 aromatic carbocycles. The Balaban J connectivity index is 1.61. The molecule has 5 rings (SSSR count). The van der Waals surface area contributed by atoms with Crippen LogP contribution in [0.2, 0.25) is 0 Å². The van der Waals surface area contributed by atoms with E-state index >= 15 is 0 Å². The van der Waals surface area contributed by atoms with Crippen LogP contribution in [0.5, 0.6) is 0 Å². The smallest absolute Gasteiger partial charge is 0.310 e. The van der Waals surface area contributed by atoms with Crippen molar-refractivity contribution < 1.29 is 20.1 Å². The van der Waals surface area contributed by atoms with Crippen molar-refractivity contribution in [2.24, 2.45) is 56.7 Å². The highest BCUT2D eigenvalue weighted by molar-refractivity contribution is 5.76. The fourth-order valence-corrected chi connectivity index (χ4v) is 11.0. The second-order valence-electron chi connectivity index (χ2n) is 14.4. The molecule has 4 saturated carbocycles. The maximum atomic E-state index is 12.8. The van der Waals surface area contributed by atoms with Crippen molar-refractivity contribution in [1.29, 1.82) is 0 Å². The van der Waals surface area contributed by atoms with Gasteiger partial charge in [0.25, 0.3) is 0 Å². The zero-order chi connectivity index (χ0) is 24.9. The zero-order valence-electron chi connectivity index (χ0n) is 22.4. The minimum Gasteiger partial charge on any atom is -0.481 e. The maximum Gasteiger partial charge on any atom is 0.310 e. The molecule has 0 bridgehead atoms. The van der Waals surface area contributed by atoms with Gasteiger partial charge in [0.2, 0.25) is 0 Å². The van der Waals surface area contributed by atoms with Crippen LogP contribution in [-0.2, 0) is 4.79 Å². The number of carboxylic acid groups (broad SMARTS) is 1. The molecule has 3 N–H and O–H groups in total. The summed E-state index contributed by atoms with van der Waals surface area (Å²) >= 11 is 0. The fourth-order valence-electron chi connectivity index (χ4n) is 11.0. The largest absolute Gasteiger partial charge is 0.481 e. The van der Waals surface area contributed by atoms with Crippen LogP contribution in [0.25, 0.3) is 0 Å². The molecule has 10 atom stereocenters. The Bertz CT molecular complexity index is 892. The second-order valence-corrected chi connectivity index (χ2v) is 14.4. The van der Waals surface area contributed by atoms with Crippen LogP contribution in [0.1, 0.15) is 99.3 Å². The molecule has 4 nitrogen and oxygen atoms in total. The fraction of sp³-hybridized carbons (Fsp3) is 0.900. The van der Waals surface area contributed by atoms with E-state index in [1.165, 1.54) is 5.57 Å². The standard InChI is InChI=1S/C30H48O4/c1-18-19(17-31)9-14-30(25(33)34)16-15-28(5)20(24(18)30)7-8-22-27(4)12-11-23(32)26(2,3)21(27)10-13-29(22,28)6/h7,18-19,21-24,31-32H,8-17H2,1-6H3,(H,33,34). The van der Waals surface area contributed by atoms with Crippen LogP contribution in [0.3, 0.4) is 0 Å². The van der Waals surface area contributed by atoms with E-state index in [1.807, 2.05) is 0 Å². The monoisotopic (exact) mass is 472 g/mol. The molecule has 4 fully saturated rings. The van der Waals surface area contributed by atoms with Gasteiger partial charge in [-0.2, -0.15) is 0 Å². The van der Waals surface area contributed by atoms with Crippen LogP contribution < -0.4 is 0 Å². The van der Waals surface area contributed by atoms with E-state index in [1.54, 1.807) is 0 Å². The number of carbonyl (C=O) groups is 1. The highest BCUT2D eigenvalue weighted by Gasteiger charge is 2.69. The Morgan fingerprint density at radius 3 is 2.32 bits per heavy atom. The van der Waals surface area contributed by atoms with E-state index < -0.39 is 11.4 Å². The van der Waals surface area contributed by atoms with Crippen LogP contribution in [-0.4, -0.2) is 34.0 Å². The summed E-state index contributed by atoms with van der Waals surface area (Å²) in [4.78, 5) is 12.8. The number of hydrogen-bond acceptors (Lipinski definition) is 3. The maximum absolute atomic E-state index is 12.8. The summed E-state index contributed by atoms with van der Waals surface area (Å²) in [5.74, 6) is 0.882. The summed E-state index contributed by atoms with van der Waals surface area (Å²) in [5.41, 5.74) is 1.03. The Morgan fingerprint density at radius 1 is 0.971 bits per heavy atom. The number of allylic oxidation sites excluding steroid dienone is 2. The normalized spacial score (nSPS) is 54.1. The number of carboxylic acids is 1. The lowest BCUT2D eigenvalue weighted by molar-refractivity contribution is -0.207. The Kier molecular flexibility index (Phi) is 5.52. The summed E-state index contributed by atoms with van der Waals surface area (Å²) in [7, 11) is 0. The van der Waals surface area contributed by atoms with Gasteiger partial charge in [0.05, 0.1) is 11.5 Å². The van der Waals surface area contributed by atoms with E-state index in [0.29, 0.717) is 18.3 Å². The molecule has 0 amide bonds. The van der Waals surface area contributed by atoms with Gasteiger partial charge in [-0.3, -0.25) is 4.79 Å². The molecule has 0 heterocycles. The molecular weight excluding hydrogens is 424 g/mol. The van der Waals surface area contributed by atoms with Crippen molar-refractivity contribution in [1.82, 2.24) is 0 Å². The van der Waals surface area contributed by atoms with Gasteiger partial charge >= 0.3 is 5.97 Å². The number of aliphatic hydroxyl groups is 2. The third kappa shape index (κ3) is 2.82. The Morgan fingerprint density at radius 2 is 1.68 bits per heavy atom. The average Bonchev–Trinajstić information content (AvgIpc) is 2.77. The molecule has 192 valence electrons. The van der Waals surface area contributed by atoms with E-state index in [4.69, 9.17) is 0 Å². The molecular formula is C30H48O4. The summed E-state index contributed by atoms with van der Waals surface area (Å²) < 4.78 is 0.